The molecule has 2 atom stereocenters. The van der Waals surface area contributed by atoms with Crippen LogP contribution in [0, 0.1) is 6.92 Å². The monoisotopic (exact) mass is 413 g/mol. The second-order valence-corrected chi connectivity index (χ2v) is 8.66. The van der Waals surface area contributed by atoms with Gasteiger partial charge in [0.2, 0.25) is 0 Å². The summed E-state index contributed by atoms with van der Waals surface area (Å²) in [5.41, 5.74) is 0.577. The quantitative estimate of drug-likeness (QED) is 0.736. The highest BCUT2D eigenvalue weighted by molar-refractivity contribution is 5.94. The highest BCUT2D eigenvalue weighted by Crippen LogP contribution is 2.42. The predicted octanol–water partition coefficient (Wildman–Crippen LogP) is 4.24. The van der Waals surface area contributed by atoms with Crippen LogP contribution in [0.3, 0.4) is 0 Å². The van der Waals surface area contributed by atoms with Crippen molar-refractivity contribution in [3.05, 3.63) is 65.2 Å². The van der Waals surface area contributed by atoms with Gasteiger partial charge in [-0.3, -0.25) is 4.79 Å². The predicted molar refractivity (Wildman–Crippen MR) is 111 cm³/mol. The Labute approximate surface area is 176 Å². The summed E-state index contributed by atoms with van der Waals surface area (Å²) >= 11 is 0. The number of amides is 1. The molecule has 0 radical (unpaired) electrons. The molecule has 0 N–H and O–H groups in total. The zero-order valence-corrected chi connectivity index (χ0v) is 17.7. The van der Waals surface area contributed by atoms with Crippen LogP contribution in [-0.2, 0) is 15.1 Å². The van der Waals surface area contributed by atoms with E-state index in [1.165, 1.54) is 13.8 Å². The van der Waals surface area contributed by atoms with E-state index in [-0.39, 0.29) is 25.4 Å². The summed E-state index contributed by atoms with van der Waals surface area (Å²) in [5, 5.41) is 0. The van der Waals surface area contributed by atoms with Gasteiger partial charge in [-0.25, -0.2) is 4.39 Å². The van der Waals surface area contributed by atoms with Crippen LogP contribution in [0.25, 0.3) is 0 Å². The molecule has 30 heavy (non-hydrogen) atoms. The van der Waals surface area contributed by atoms with Crippen LogP contribution in [0.1, 0.15) is 41.8 Å². The summed E-state index contributed by atoms with van der Waals surface area (Å²) in [6.45, 7) is 6.07. The smallest absolute Gasteiger partial charge is 0.253 e. The minimum atomic E-state index is -1.41. The molecule has 0 spiro atoms. The molecule has 2 aromatic rings. The third-order valence-electron chi connectivity index (χ3n) is 5.79. The normalized spacial score (nSPS) is 23.9. The molecule has 1 amide bonds. The molecule has 2 aromatic carbocycles. The molecule has 5 nitrogen and oxygen atoms in total. The average Bonchev–Trinajstić information content (AvgIpc) is 3.16. The van der Waals surface area contributed by atoms with Gasteiger partial charge in [0.15, 0.2) is 0 Å². The van der Waals surface area contributed by atoms with E-state index in [4.69, 9.17) is 14.2 Å². The number of ether oxygens (including phenoxy) is 3. The molecule has 4 rings (SSSR count). The SMILES string of the molecule is Cc1cc(C(=O)N2CC[C@@]3(c4ccccc4)OCOC3C2)ccc1OCC(C)(C)F. The number of hydrogen-bond acceptors (Lipinski definition) is 4. The average molecular weight is 413 g/mol. The van der Waals surface area contributed by atoms with E-state index in [2.05, 4.69) is 12.1 Å². The van der Waals surface area contributed by atoms with Crippen molar-refractivity contribution in [1.29, 1.82) is 0 Å². The number of hydrogen-bond donors (Lipinski definition) is 0. The van der Waals surface area contributed by atoms with Crippen molar-refractivity contribution in [1.82, 2.24) is 4.90 Å². The van der Waals surface area contributed by atoms with Crippen LogP contribution in [0.15, 0.2) is 48.5 Å². The highest BCUT2D eigenvalue weighted by Gasteiger charge is 2.51. The molecule has 0 bridgehead atoms. The van der Waals surface area contributed by atoms with Gasteiger partial charge >= 0.3 is 0 Å². The van der Waals surface area contributed by atoms with E-state index in [1.54, 1.807) is 18.2 Å². The lowest BCUT2D eigenvalue weighted by Gasteiger charge is -2.42. The number of aryl methyl sites for hydroxylation is 1. The first-order chi connectivity index (χ1) is 14.3. The number of alkyl halides is 1. The topological polar surface area (TPSA) is 48.0 Å². The molecule has 2 heterocycles. The third-order valence-corrected chi connectivity index (χ3v) is 5.79. The Morgan fingerprint density at radius 1 is 1.27 bits per heavy atom. The van der Waals surface area contributed by atoms with Crippen LogP contribution in [0.2, 0.25) is 0 Å². The number of carbonyl (C=O) groups is 1. The van der Waals surface area contributed by atoms with Crippen molar-refractivity contribution in [3.8, 4) is 5.75 Å². The molecule has 2 saturated heterocycles. The van der Waals surface area contributed by atoms with Gasteiger partial charge in [-0.15, -0.1) is 0 Å². The number of halogens is 1. The van der Waals surface area contributed by atoms with E-state index >= 15 is 0 Å². The molecule has 6 heteroatoms. The summed E-state index contributed by atoms with van der Waals surface area (Å²) in [6, 6.07) is 15.4. The van der Waals surface area contributed by atoms with Crippen LogP contribution in [0.4, 0.5) is 4.39 Å². The van der Waals surface area contributed by atoms with Gasteiger partial charge < -0.3 is 19.1 Å². The lowest BCUT2D eigenvalue weighted by molar-refractivity contribution is -0.0439. The number of likely N-dealkylation sites (tertiary alicyclic amines) is 1. The molecule has 1 unspecified atom stereocenters. The van der Waals surface area contributed by atoms with Gasteiger partial charge in [0.1, 0.15) is 36.5 Å². The van der Waals surface area contributed by atoms with Gasteiger partial charge in [-0.2, -0.15) is 0 Å². The number of carbonyl (C=O) groups excluding carboxylic acids is 1. The van der Waals surface area contributed by atoms with Gasteiger partial charge in [0.25, 0.3) is 5.91 Å². The van der Waals surface area contributed by atoms with Crippen LogP contribution >= 0.6 is 0 Å². The Bertz CT molecular complexity index is 911. The minimum Gasteiger partial charge on any atom is -0.490 e. The molecule has 2 fully saturated rings. The second kappa shape index (κ2) is 8.00. The van der Waals surface area contributed by atoms with E-state index in [1.807, 2.05) is 30.0 Å². The zero-order chi connectivity index (χ0) is 21.4. The largest absolute Gasteiger partial charge is 0.490 e. The van der Waals surface area contributed by atoms with E-state index in [0.29, 0.717) is 30.8 Å². The lowest BCUT2D eigenvalue weighted by Crippen LogP contribution is -2.53. The highest BCUT2D eigenvalue weighted by atomic mass is 19.1. The molecular formula is C24H28FNO4. The number of piperidine rings is 1. The maximum Gasteiger partial charge on any atom is 0.253 e. The van der Waals surface area contributed by atoms with Crippen molar-refractivity contribution in [2.45, 2.75) is 44.6 Å². The van der Waals surface area contributed by atoms with Crippen molar-refractivity contribution < 1.29 is 23.4 Å². The van der Waals surface area contributed by atoms with Gasteiger partial charge in [-0.1, -0.05) is 30.3 Å². The van der Waals surface area contributed by atoms with Gasteiger partial charge in [-0.05, 0) is 50.1 Å². The summed E-state index contributed by atoms with van der Waals surface area (Å²) in [7, 11) is 0. The minimum absolute atomic E-state index is 0.0339. The van der Waals surface area contributed by atoms with E-state index in [9.17, 15) is 9.18 Å². The molecule has 2 aliphatic rings. The lowest BCUT2D eigenvalue weighted by atomic mass is 9.82. The summed E-state index contributed by atoms with van der Waals surface area (Å²) < 4.78 is 31.2. The maximum absolute atomic E-state index is 13.7. The first kappa shape index (κ1) is 20.8. The Morgan fingerprint density at radius 2 is 2.03 bits per heavy atom. The summed E-state index contributed by atoms with van der Waals surface area (Å²) in [6.07, 6.45) is 0.479. The zero-order valence-electron chi connectivity index (χ0n) is 17.7. The molecule has 0 aliphatic carbocycles. The number of benzene rings is 2. The second-order valence-electron chi connectivity index (χ2n) is 8.66. The van der Waals surface area contributed by atoms with Crippen LogP contribution < -0.4 is 4.74 Å². The Kier molecular flexibility index (Phi) is 5.55. The van der Waals surface area contributed by atoms with Crippen molar-refractivity contribution in [2.75, 3.05) is 26.5 Å². The fourth-order valence-electron chi connectivity index (χ4n) is 4.17. The summed E-state index contributed by atoms with van der Waals surface area (Å²) in [4.78, 5) is 15.0. The molecule has 0 aromatic heterocycles. The molecule has 2 aliphatic heterocycles. The van der Waals surface area contributed by atoms with Gasteiger partial charge in [0.05, 0.1) is 6.54 Å². The molecule has 0 saturated carbocycles. The first-order valence-electron chi connectivity index (χ1n) is 10.3. The Hall–Kier alpha value is -2.44. The van der Waals surface area contributed by atoms with E-state index < -0.39 is 11.3 Å². The van der Waals surface area contributed by atoms with E-state index in [0.717, 1.165) is 11.1 Å². The third kappa shape index (κ3) is 4.07. The maximum atomic E-state index is 13.7. The standard InChI is InChI=1S/C24H28FNO4/c1-17-13-18(9-10-20(17)28-15-23(2,3)25)22(27)26-12-11-24(19-7-5-4-6-8-19)21(14-26)29-16-30-24/h4-10,13,21H,11-12,14-16H2,1-3H3/t21?,24-/m0/s1. The Balaban J connectivity index is 1.47. The van der Waals surface area contributed by atoms with Crippen LogP contribution in [0.5, 0.6) is 5.75 Å². The number of rotatable bonds is 5. The fraction of sp³-hybridized carbons (Fsp3) is 0.458. The molecular weight excluding hydrogens is 385 g/mol. The van der Waals surface area contributed by atoms with Crippen LogP contribution in [-0.4, -0.2) is 49.1 Å². The van der Waals surface area contributed by atoms with Crippen molar-refractivity contribution in [3.63, 3.8) is 0 Å². The van der Waals surface area contributed by atoms with Gasteiger partial charge in [0, 0.05) is 18.5 Å². The Morgan fingerprint density at radius 3 is 2.73 bits per heavy atom. The fourth-order valence-corrected chi connectivity index (χ4v) is 4.17. The molecule has 160 valence electrons. The number of fused-ring (bicyclic) bond motifs is 1. The number of nitrogens with zero attached hydrogens (tertiary/aromatic N) is 1. The first-order valence-corrected chi connectivity index (χ1v) is 10.3. The van der Waals surface area contributed by atoms with Crippen molar-refractivity contribution >= 4 is 5.91 Å². The van der Waals surface area contributed by atoms with Crippen molar-refractivity contribution in [2.24, 2.45) is 0 Å². The summed E-state index contributed by atoms with van der Waals surface area (Å²) in [5.74, 6) is 0.541.